The van der Waals surface area contributed by atoms with Crippen LogP contribution in [0.2, 0.25) is 0 Å². The van der Waals surface area contributed by atoms with Gasteiger partial charge in [0.2, 0.25) is 10.0 Å². The van der Waals surface area contributed by atoms with Gasteiger partial charge in [0.25, 0.3) is 0 Å². The van der Waals surface area contributed by atoms with Crippen LogP contribution in [0.1, 0.15) is 56.5 Å². The molecule has 3 nitrogen and oxygen atoms in total. The van der Waals surface area contributed by atoms with E-state index in [1.54, 1.807) is 32.9 Å². The number of fused-ring (bicyclic) bond motifs is 1. The first-order valence-corrected chi connectivity index (χ1v) is 8.40. The Hall–Kier alpha value is -0.940. The minimum atomic E-state index is -3.62. The minimum absolute atomic E-state index is 0.232. The number of hydrogen-bond acceptors (Lipinski definition) is 2. The molecule has 1 aliphatic carbocycles. The maximum absolute atomic E-state index is 14.1. The van der Waals surface area contributed by atoms with E-state index in [0.29, 0.717) is 30.4 Å². The molecule has 1 aliphatic rings. The third-order valence-corrected chi connectivity index (χ3v) is 5.30. The van der Waals surface area contributed by atoms with E-state index in [4.69, 9.17) is 0 Å². The van der Waals surface area contributed by atoms with E-state index in [2.05, 4.69) is 4.72 Å². The van der Waals surface area contributed by atoms with Crippen molar-refractivity contribution >= 4 is 10.0 Å². The standard InChI is InChI=1S/C15H22FNO2S/c1-10-8-9-13(20(18,19)17-15(2,3)4)11-6-5-7-12(16)14(10)11/h8-9,12,17H,5-7H2,1-4H3. The van der Waals surface area contributed by atoms with Crippen LogP contribution in [0.4, 0.5) is 4.39 Å². The topological polar surface area (TPSA) is 46.2 Å². The van der Waals surface area contributed by atoms with Gasteiger partial charge in [-0.05, 0) is 69.7 Å². The van der Waals surface area contributed by atoms with Crippen LogP contribution in [0.15, 0.2) is 17.0 Å². The van der Waals surface area contributed by atoms with Crippen molar-refractivity contribution in [3.05, 3.63) is 28.8 Å². The van der Waals surface area contributed by atoms with Gasteiger partial charge < -0.3 is 0 Å². The molecule has 0 aliphatic heterocycles. The van der Waals surface area contributed by atoms with Crippen molar-refractivity contribution in [1.82, 2.24) is 4.72 Å². The van der Waals surface area contributed by atoms with Crippen LogP contribution in [-0.2, 0) is 16.4 Å². The van der Waals surface area contributed by atoms with Crippen LogP contribution in [-0.4, -0.2) is 14.0 Å². The lowest BCUT2D eigenvalue weighted by Gasteiger charge is -2.26. The van der Waals surface area contributed by atoms with Gasteiger partial charge >= 0.3 is 0 Å². The first-order chi connectivity index (χ1) is 9.12. The van der Waals surface area contributed by atoms with Gasteiger partial charge in [-0.2, -0.15) is 0 Å². The Balaban J connectivity index is 2.57. The Labute approximate surface area is 120 Å². The summed E-state index contributed by atoms with van der Waals surface area (Å²) < 4.78 is 41.8. The van der Waals surface area contributed by atoms with Crippen LogP contribution >= 0.6 is 0 Å². The molecule has 0 heterocycles. The van der Waals surface area contributed by atoms with Crippen LogP contribution in [0.3, 0.4) is 0 Å². The highest BCUT2D eigenvalue weighted by Gasteiger charge is 2.30. The number of nitrogens with one attached hydrogen (secondary N) is 1. The predicted molar refractivity (Wildman–Crippen MR) is 78.0 cm³/mol. The Morgan fingerprint density at radius 1 is 1.30 bits per heavy atom. The molecule has 1 unspecified atom stereocenters. The fraction of sp³-hybridized carbons (Fsp3) is 0.600. The molecule has 1 atom stereocenters. The Bertz CT molecular complexity index is 617. The molecular weight excluding hydrogens is 277 g/mol. The molecule has 112 valence electrons. The second-order valence-corrected chi connectivity index (χ2v) is 8.14. The average molecular weight is 299 g/mol. The molecule has 0 aromatic heterocycles. The molecule has 0 radical (unpaired) electrons. The fourth-order valence-electron chi connectivity index (χ4n) is 2.77. The lowest BCUT2D eigenvalue weighted by atomic mass is 9.87. The molecular formula is C15H22FNO2S. The zero-order valence-corrected chi connectivity index (χ0v) is 13.3. The smallest absolute Gasteiger partial charge is 0.241 e. The molecule has 0 saturated carbocycles. The summed E-state index contributed by atoms with van der Waals surface area (Å²) in [6, 6.07) is 3.30. The van der Waals surface area contributed by atoms with Gasteiger partial charge in [0.1, 0.15) is 6.17 Å². The van der Waals surface area contributed by atoms with Crippen molar-refractivity contribution in [3.63, 3.8) is 0 Å². The number of halogens is 1. The molecule has 1 aromatic rings. The first-order valence-electron chi connectivity index (χ1n) is 6.92. The van der Waals surface area contributed by atoms with Crippen molar-refractivity contribution in [2.45, 2.75) is 63.6 Å². The maximum atomic E-state index is 14.1. The van der Waals surface area contributed by atoms with Gasteiger partial charge in [0.05, 0.1) is 4.90 Å². The Morgan fingerprint density at radius 3 is 2.55 bits per heavy atom. The van der Waals surface area contributed by atoms with Gasteiger partial charge in [-0.3, -0.25) is 0 Å². The van der Waals surface area contributed by atoms with E-state index in [1.807, 2.05) is 6.92 Å². The average Bonchev–Trinajstić information content (AvgIpc) is 2.25. The van der Waals surface area contributed by atoms with E-state index < -0.39 is 21.7 Å². The molecule has 0 bridgehead atoms. The van der Waals surface area contributed by atoms with Gasteiger partial charge in [0.15, 0.2) is 0 Å². The van der Waals surface area contributed by atoms with Gasteiger partial charge in [-0.25, -0.2) is 17.5 Å². The summed E-state index contributed by atoms with van der Waals surface area (Å²) in [5.74, 6) is 0. The van der Waals surface area contributed by atoms with E-state index in [0.717, 1.165) is 5.56 Å². The normalized spacial score (nSPS) is 19.8. The van der Waals surface area contributed by atoms with Gasteiger partial charge in [-0.15, -0.1) is 0 Å². The van der Waals surface area contributed by atoms with E-state index in [9.17, 15) is 12.8 Å². The number of hydrogen-bond donors (Lipinski definition) is 1. The van der Waals surface area contributed by atoms with Crippen LogP contribution in [0.25, 0.3) is 0 Å². The molecule has 5 heteroatoms. The SMILES string of the molecule is Cc1ccc(S(=O)(=O)NC(C)(C)C)c2c1C(F)CCC2. The van der Waals surface area contributed by atoms with Crippen molar-refractivity contribution in [3.8, 4) is 0 Å². The lowest BCUT2D eigenvalue weighted by Crippen LogP contribution is -2.41. The van der Waals surface area contributed by atoms with Crippen LogP contribution in [0, 0.1) is 6.92 Å². The first kappa shape index (κ1) is 15.4. The second-order valence-electron chi connectivity index (χ2n) is 6.49. The zero-order chi connectivity index (χ0) is 15.1. The highest BCUT2D eigenvalue weighted by Crippen LogP contribution is 2.38. The molecule has 0 spiro atoms. The summed E-state index contributed by atoms with van der Waals surface area (Å²) in [6.45, 7) is 7.22. The number of rotatable bonds is 2. The molecule has 1 N–H and O–H groups in total. The maximum Gasteiger partial charge on any atom is 0.241 e. The number of benzene rings is 1. The van der Waals surface area contributed by atoms with Crippen LogP contribution < -0.4 is 4.72 Å². The summed E-state index contributed by atoms with van der Waals surface area (Å²) >= 11 is 0. The van der Waals surface area contributed by atoms with Crippen LogP contribution in [0.5, 0.6) is 0 Å². The number of aryl methyl sites for hydroxylation is 1. The summed E-state index contributed by atoms with van der Waals surface area (Å²) in [5, 5.41) is 0. The molecule has 2 rings (SSSR count). The van der Waals surface area contributed by atoms with E-state index in [-0.39, 0.29) is 4.90 Å². The Kier molecular flexibility index (Phi) is 3.95. The predicted octanol–water partition coefficient (Wildman–Crippen LogP) is 3.42. The number of alkyl halides is 1. The summed E-state index contributed by atoms with van der Waals surface area (Å²) in [5.41, 5.74) is 1.51. The van der Waals surface area contributed by atoms with Crippen molar-refractivity contribution in [2.24, 2.45) is 0 Å². The molecule has 0 amide bonds. The third-order valence-electron chi connectivity index (χ3n) is 3.46. The summed E-state index contributed by atoms with van der Waals surface area (Å²) in [7, 11) is -3.62. The monoisotopic (exact) mass is 299 g/mol. The minimum Gasteiger partial charge on any atom is -0.242 e. The van der Waals surface area contributed by atoms with E-state index in [1.165, 1.54) is 0 Å². The van der Waals surface area contributed by atoms with E-state index >= 15 is 0 Å². The molecule has 20 heavy (non-hydrogen) atoms. The summed E-state index contributed by atoms with van der Waals surface area (Å²) in [6.07, 6.45) is 0.737. The highest BCUT2D eigenvalue weighted by atomic mass is 32.2. The van der Waals surface area contributed by atoms with Gasteiger partial charge in [-0.1, -0.05) is 6.07 Å². The van der Waals surface area contributed by atoms with Gasteiger partial charge in [0, 0.05) is 5.54 Å². The van der Waals surface area contributed by atoms with Crippen molar-refractivity contribution < 1.29 is 12.8 Å². The quantitative estimate of drug-likeness (QED) is 0.909. The number of sulfonamides is 1. The molecule has 0 saturated heterocycles. The fourth-order valence-corrected chi connectivity index (χ4v) is 4.47. The molecule has 0 fully saturated rings. The lowest BCUT2D eigenvalue weighted by molar-refractivity contribution is 0.299. The zero-order valence-electron chi connectivity index (χ0n) is 12.5. The largest absolute Gasteiger partial charge is 0.242 e. The van der Waals surface area contributed by atoms with Crippen molar-refractivity contribution in [2.75, 3.05) is 0 Å². The molecule has 1 aromatic carbocycles. The Morgan fingerprint density at radius 2 is 1.95 bits per heavy atom. The van der Waals surface area contributed by atoms with Crippen molar-refractivity contribution in [1.29, 1.82) is 0 Å². The third kappa shape index (κ3) is 3.04. The second kappa shape index (κ2) is 5.11. The summed E-state index contributed by atoms with van der Waals surface area (Å²) in [4.78, 5) is 0.232. The highest BCUT2D eigenvalue weighted by molar-refractivity contribution is 7.89.